The van der Waals surface area contributed by atoms with Crippen molar-refractivity contribution in [3.63, 3.8) is 0 Å². The van der Waals surface area contributed by atoms with Crippen molar-refractivity contribution >= 4 is 47.2 Å². The predicted molar refractivity (Wildman–Crippen MR) is 124 cm³/mol. The van der Waals surface area contributed by atoms with Gasteiger partial charge in [-0.05, 0) is 43.5 Å². The van der Waals surface area contributed by atoms with Crippen LogP contribution in [0, 0.1) is 12.8 Å². The SMILES string of the molecule is Cc1nnc2n1CC(CN=C(N)N1CCN(c3ccc(Cl)cc3)CC1)CC2.I. The van der Waals surface area contributed by atoms with Crippen molar-refractivity contribution in [3.8, 4) is 0 Å². The second-order valence-corrected chi connectivity index (χ2v) is 7.76. The monoisotopic (exact) mass is 515 g/mol. The molecule has 28 heavy (non-hydrogen) atoms. The molecule has 2 aliphatic rings. The largest absolute Gasteiger partial charge is 0.370 e. The van der Waals surface area contributed by atoms with E-state index in [2.05, 4.69) is 36.7 Å². The van der Waals surface area contributed by atoms with E-state index in [0.29, 0.717) is 11.9 Å². The summed E-state index contributed by atoms with van der Waals surface area (Å²) in [5.74, 6) is 3.25. The first-order valence-corrected chi connectivity index (χ1v) is 9.92. The number of hydrogen-bond acceptors (Lipinski definition) is 4. The molecule has 1 fully saturated rings. The standard InChI is InChI=1S/C19H26ClN7.HI/c1-14-23-24-18-7-2-15(13-27(14)18)12-22-19(21)26-10-8-25(9-11-26)17-5-3-16(20)4-6-17;/h3-6,15H,2,7-13H2,1H3,(H2,21,22);1H. The second kappa shape index (κ2) is 9.30. The van der Waals surface area contributed by atoms with Crippen LogP contribution in [0.5, 0.6) is 0 Å². The number of anilines is 1. The summed E-state index contributed by atoms with van der Waals surface area (Å²) in [7, 11) is 0. The highest BCUT2D eigenvalue weighted by Gasteiger charge is 2.22. The number of aryl methyl sites for hydroxylation is 2. The van der Waals surface area contributed by atoms with Crippen molar-refractivity contribution in [2.45, 2.75) is 26.3 Å². The Hall–Kier alpha value is -1.55. The Morgan fingerprint density at radius 3 is 2.61 bits per heavy atom. The van der Waals surface area contributed by atoms with Crippen molar-refractivity contribution < 1.29 is 0 Å². The van der Waals surface area contributed by atoms with Gasteiger partial charge in [0.2, 0.25) is 0 Å². The number of rotatable bonds is 3. The first-order chi connectivity index (χ1) is 13.1. The number of nitrogens with zero attached hydrogens (tertiary/aromatic N) is 6. The van der Waals surface area contributed by atoms with E-state index in [1.165, 1.54) is 5.69 Å². The zero-order valence-electron chi connectivity index (χ0n) is 16.1. The zero-order chi connectivity index (χ0) is 18.8. The number of halogens is 2. The molecule has 4 rings (SSSR count). The fraction of sp³-hybridized carbons (Fsp3) is 0.526. The van der Waals surface area contributed by atoms with Gasteiger partial charge in [-0.3, -0.25) is 4.99 Å². The van der Waals surface area contributed by atoms with Crippen LogP contribution >= 0.6 is 35.6 Å². The molecule has 0 amide bonds. The Morgan fingerprint density at radius 2 is 1.89 bits per heavy atom. The van der Waals surface area contributed by atoms with Gasteiger partial charge in [0.05, 0.1) is 0 Å². The van der Waals surface area contributed by atoms with Crippen molar-refractivity contribution in [3.05, 3.63) is 40.9 Å². The summed E-state index contributed by atoms with van der Waals surface area (Å²) in [6.07, 6.45) is 2.07. The predicted octanol–water partition coefficient (Wildman–Crippen LogP) is 2.56. The summed E-state index contributed by atoms with van der Waals surface area (Å²) in [5, 5.41) is 9.17. The van der Waals surface area contributed by atoms with Crippen LogP contribution < -0.4 is 10.6 Å². The average molecular weight is 516 g/mol. The molecule has 2 N–H and O–H groups in total. The van der Waals surface area contributed by atoms with E-state index < -0.39 is 0 Å². The van der Waals surface area contributed by atoms with Gasteiger partial charge in [0.15, 0.2) is 5.96 Å². The number of benzene rings is 1. The van der Waals surface area contributed by atoms with Gasteiger partial charge in [0, 0.05) is 56.4 Å². The van der Waals surface area contributed by atoms with Gasteiger partial charge in [-0.25, -0.2) is 0 Å². The smallest absolute Gasteiger partial charge is 0.191 e. The van der Waals surface area contributed by atoms with Gasteiger partial charge in [0.25, 0.3) is 0 Å². The minimum absolute atomic E-state index is 0. The molecule has 0 bridgehead atoms. The average Bonchev–Trinajstić information content (AvgIpc) is 3.07. The highest BCUT2D eigenvalue weighted by molar-refractivity contribution is 14.0. The van der Waals surface area contributed by atoms with Crippen LogP contribution in [0.3, 0.4) is 0 Å². The summed E-state index contributed by atoms with van der Waals surface area (Å²) >= 11 is 5.98. The van der Waals surface area contributed by atoms with Crippen LogP contribution in [-0.2, 0) is 13.0 Å². The van der Waals surface area contributed by atoms with Gasteiger partial charge < -0.3 is 20.1 Å². The molecule has 7 nitrogen and oxygen atoms in total. The lowest BCUT2D eigenvalue weighted by atomic mass is 9.99. The summed E-state index contributed by atoms with van der Waals surface area (Å²) in [5.41, 5.74) is 7.49. The van der Waals surface area contributed by atoms with E-state index in [0.717, 1.165) is 68.8 Å². The molecule has 1 saturated heterocycles. The summed E-state index contributed by atoms with van der Waals surface area (Å²) < 4.78 is 2.21. The van der Waals surface area contributed by atoms with E-state index in [-0.39, 0.29) is 24.0 Å². The Morgan fingerprint density at radius 1 is 1.18 bits per heavy atom. The molecule has 1 aromatic carbocycles. The van der Waals surface area contributed by atoms with E-state index in [1.807, 2.05) is 19.1 Å². The maximum atomic E-state index is 6.28. The number of fused-ring (bicyclic) bond motifs is 1. The molecule has 1 aromatic heterocycles. The number of piperazine rings is 1. The maximum absolute atomic E-state index is 6.28. The number of nitrogens with two attached hydrogens (primary N) is 1. The van der Waals surface area contributed by atoms with Gasteiger partial charge >= 0.3 is 0 Å². The lowest BCUT2D eigenvalue weighted by Crippen LogP contribution is -2.51. The van der Waals surface area contributed by atoms with Crippen LogP contribution in [0.2, 0.25) is 5.02 Å². The van der Waals surface area contributed by atoms with Gasteiger partial charge in [-0.2, -0.15) is 0 Å². The number of guanidine groups is 1. The fourth-order valence-corrected chi connectivity index (χ4v) is 3.97. The Kier molecular flexibility index (Phi) is 7.03. The highest BCUT2D eigenvalue weighted by Crippen LogP contribution is 2.21. The third kappa shape index (κ3) is 4.71. The van der Waals surface area contributed by atoms with Crippen LogP contribution in [0.4, 0.5) is 5.69 Å². The lowest BCUT2D eigenvalue weighted by molar-refractivity contribution is 0.359. The molecule has 0 aliphatic carbocycles. The third-order valence-corrected chi connectivity index (χ3v) is 5.79. The molecule has 2 aliphatic heterocycles. The molecular formula is C19H27ClIN7. The van der Waals surface area contributed by atoms with Gasteiger partial charge in [-0.1, -0.05) is 11.6 Å². The molecule has 3 heterocycles. The second-order valence-electron chi connectivity index (χ2n) is 7.33. The van der Waals surface area contributed by atoms with Crippen LogP contribution in [0.1, 0.15) is 18.1 Å². The quantitative estimate of drug-likeness (QED) is 0.386. The fourth-order valence-electron chi connectivity index (χ4n) is 3.85. The lowest BCUT2D eigenvalue weighted by Gasteiger charge is -2.36. The molecule has 2 aromatic rings. The highest BCUT2D eigenvalue weighted by atomic mass is 127. The Bertz CT molecular complexity index is 812. The van der Waals surface area contributed by atoms with E-state index in [1.54, 1.807) is 0 Å². The molecule has 1 atom stereocenters. The first-order valence-electron chi connectivity index (χ1n) is 9.54. The normalized spacial score (nSPS) is 19.9. The summed E-state index contributed by atoms with van der Waals surface area (Å²) in [6, 6.07) is 8.01. The Balaban J connectivity index is 0.00000225. The van der Waals surface area contributed by atoms with Crippen molar-refractivity contribution in [2.75, 3.05) is 37.6 Å². The van der Waals surface area contributed by atoms with Crippen LogP contribution in [0.25, 0.3) is 0 Å². The van der Waals surface area contributed by atoms with E-state index in [9.17, 15) is 0 Å². The molecule has 9 heteroatoms. The van der Waals surface area contributed by atoms with Gasteiger partial charge in [-0.15, -0.1) is 34.2 Å². The van der Waals surface area contributed by atoms with E-state index in [4.69, 9.17) is 22.3 Å². The topological polar surface area (TPSA) is 75.6 Å². The first kappa shape index (κ1) is 21.2. The summed E-state index contributed by atoms with van der Waals surface area (Å²) in [6.45, 7) is 7.36. The molecular weight excluding hydrogens is 489 g/mol. The maximum Gasteiger partial charge on any atom is 0.191 e. The summed E-state index contributed by atoms with van der Waals surface area (Å²) in [4.78, 5) is 9.24. The molecule has 0 saturated carbocycles. The minimum atomic E-state index is 0. The van der Waals surface area contributed by atoms with Crippen molar-refractivity contribution in [1.29, 1.82) is 0 Å². The van der Waals surface area contributed by atoms with Crippen LogP contribution in [0.15, 0.2) is 29.3 Å². The van der Waals surface area contributed by atoms with Crippen molar-refractivity contribution in [2.24, 2.45) is 16.6 Å². The number of aliphatic imine (C=N–C) groups is 1. The molecule has 0 radical (unpaired) electrons. The number of aromatic nitrogens is 3. The van der Waals surface area contributed by atoms with E-state index >= 15 is 0 Å². The zero-order valence-corrected chi connectivity index (χ0v) is 19.2. The van der Waals surface area contributed by atoms with Gasteiger partial charge in [0.1, 0.15) is 11.6 Å². The van der Waals surface area contributed by atoms with Crippen LogP contribution in [-0.4, -0.2) is 58.3 Å². The number of hydrogen-bond donors (Lipinski definition) is 1. The van der Waals surface area contributed by atoms with Crippen molar-refractivity contribution in [1.82, 2.24) is 19.7 Å². The minimum Gasteiger partial charge on any atom is -0.370 e. The molecule has 0 spiro atoms. The third-order valence-electron chi connectivity index (χ3n) is 5.54. The molecule has 152 valence electrons. The Labute approximate surface area is 188 Å². The molecule has 1 unspecified atom stereocenters.